The molecule has 2 aliphatic rings. The molecule has 2 aromatic heterocycles. The molecule has 0 saturated carbocycles. The molecule has 11 heteroatoms. The number of morpholine rings is 1. The minimum atomic E-state index is -4.49. The average Bonchev–Trinajstić information content (AvgIpc) is 3.40. The number of halogens is 3. The Morgan fingerprint density at radius 1 is 1.21 bits per heavy atom. The van der Waals surface area contributed by atoms with Crippen molar-refractivity contribution in [1.29, 1.82) is 0 Å². The normalized spacial score (nSPS) is 18.4. The fourth-order valence-electron chi connectivity index (χ4n) is 5.25. The van der Waals surface area contributed by atoms with Crippen LogP contribution in [0.1, 0.15) is 33.5 Å². The molecule has 0 radical (unpaired) electrons. The predicted molar refractivity (Wildman–Crippen MR) is 137 cm³/mol. The summed E-state index contributed by atoms with van der Waals surface area (Å²) in [6.07, 6.45) is -0.668. The number of fused-ring (bicyclic) bond motifs is 1. The average molecular weight is 530 g/mol. The fourth-order valence-corrected chi connectivity index (χ4v) is 5.25. The maximum absolute atomic E-state index is 13.6. The van der Waals surface area contributed by atoms with E-state index < -0.39 is 23.1 Å². The molecular weight excluding hydrogens is 499 g/mol. The largest absolute Gasteiger partial charge is 0.416 e. The number of likely N-dealkylation sites (tertiary alicyclic amines) is 1. The number of pyridine rings is 2. The Labute approximate surface area is 217 Å². The number of hydrogen-bond donors (Lipinski definition) is 1. The number of aromatic nitrogens is 2. The van der Waals surface area contributed by atoms with E-state index in [0.717, 1.165) is 18.2 Å². The van der Waals surface area contributed by atoms with Crippen molar-refractivity contribution in [3.05, 3.63) is 69.1 Å². The molecule has 1 aromatic carbocycles. The number of amides is 1. The number of rotatable bonds is 5. The van der Waals surface area contributed by atoms with Gasteiger partial charge in [0.05, 0.1) is 36.2 Å². The number of ether oxygens (including phenoxy) is 1. The van der Waals surface area contributed by atoms with Crippen LogP contribution in [0.5, 0.6) is 0 Å². The minimum absolute atomic E-state index is 0.0342. The molecule has 2 aliphatic heterocycles. The summed E-state index contributed by atoms with van der Waals surface area (Å²) in [5, 5.41) is 0. The van der Waals surface area contributed by atoms with Crippen molar-refractivity contribution < 1.29 is 22.7 Å². The fraction of sp³-hybridized carbons (Fsp3) is 0.444. The van der Waals surface area contributed by atoms with Crippen LogP contribution in [0.15, 0.2) is 41.5 Å². The monoisotopic (exact) mass is 529 g/mol. The van der Waals surface area contributed by atoms with Gasteiger partial charge in [-0.1, -0.05) is 12.1 Å². The Balaban J connectivity index is 1.63. The van der Waals surface area contributed by atoms with Gasteiger partial charge in [0.1, 0.15) is 11.1 Å². The topological polar surface area (TPSA) is 93.7 Å². The Hall–Kier alpha value is -3.44. The highest BCUT2D eigenvalue weighted by Gasteiger charge is 2.33. The van der Waals surface area contributed by atoms with Gasteiger partial charge in [-0.3, -0.25) is 9.59 Å². The van der Waals surface area contributed by atoms with Crippen molar-refractivity contribution in [2.45, 2.75) is 26.1 Å². The van der Waals surface area contributed by atoms with Crippen LogP contribution in [0.3, 0.4) is 0 Å². The number of carbonyl (C=O) groups excluding carboxylic acids is 1. The highest BCUT2D eigenvalue weighted by molar-refractivity contribution is 5.97. The first kappa shape index (κ1) is 26.2. The van der Waals surface area contributed by atoms with E-state index in [4.69, 9.17) is 10.5 Å². The number of carbonyl (C=O) groups is 1. The minimum Gasteiger partial charge on any atom is -0.378 e. The standard InChI is InChI=1S/C27H30F3N5O3/c1-17-19(3-2-4-22(17)27(28,29)30)15-35-16-21(26(37)34-6-5-18(12-31)14-34)25(36)24-23(35)11-20(13-32-24)33-7-9-38-10-8-33/h2-4,11,13,16,18H,5-10,12,14-15,31H2,1H3/t18-/m0/s1. The molecule has 2 N–H and O–H groups in total. The summed E-state index contributed by atoms with van der Waals surface area (Å²) >= 11 is 0. The van der Waals surface area contributed by atoms with E-state index in [1.807, 2.05) is 6.07 Å². The molecule has 202 valence electrons. The maximum atomic E-state index is 13.6. The van der Waals surface area contributed by atoms with E-state index in [9.17, 15) is 22.8 Å². The Morgan fingerprint density at radius 2 is 1.97 bits per heavy atom. The molecule has 38 heavy (non-hydrogen) atoms. The SMILES string of the molecule is Cc1c(Cn2cc(C(=O)N3CC[C@@H](CN)C3)c(=O)c3ncc(N4CCOCC4)cc32)cccc1C(F)(F)F. The lowest BCUT2D eigenvalue weighted by atomic mass is 10.0. The van der Waals surface area contributed by atoms with E-state index in [-0.39, 0.29) is 29.1 Å². The van der Waals surface area contributed by atoms with Crippen molar-refractivity contribution in [3.8, 4) is 0 Å². The van der Waals surface area contributed by atoms with Gasteiger partial charge in [-0.2, -0.15) is 13.2 Å². The Kier molecular flexibility index (Phi) is 7.15. The van der Waals surface area contributed by atoms with E-state index in [1.54, 1.807) is 21.7 Å². The summed E-state index contributed by atoms with van der Waals surface area (Å²) < 4.78 is 47.9. The van der Waals surface area contributed by atoms with E-state index in [2.05, 4.69) is 9.88 Å². The van der Waals surface area contributed by atoms with Gasteiger partial charge in [0, 0.05) is 38.9 Å². The van der Waals surface area contributed by atoms with Crippen molar-refractivity contribution in [2.75, 3.05) is 50.8 Å². The number of nitrogens with zero attached hydrogens (tertiary/aromatic N) is 4. The number of anilines is 1. The summed E-state index contributed by atoms with van der Waals surface area (Å²) in [6.45, 7) is 5.29. The van der Waals surface area contributed by atoms with Crippen LogP contribution in [0.4, 0.5) is 18.9 Å². The lowest BCUT2D eigenvalue weighted by Crippen LogP contribution is -2.36. The second-order valence-electron chi connectivity index (χ2n) is 9.89. The second-order valence-corrected chi connectivity index (χ2v) is 9.89. The zero-order valence-corrected chi connectivity index (χ0v) is 21.1. The van der Waals surface area contributed by atoms with Crippen LogP contribution < -0.4 is 16.1 Å². The third kappa shape index (κ3) is 5.00. The zero-order valence-electron chi connectivity index (χ0n) is 21.1. The van der Waals surface area contributed by atoms with Gasteiger partial charge >= 0.3 is 6.18 Å². The number of alkyl halides is 3. The molecule has 8 nitrogen and oxygen atoms in total. The van der Waals surface area contributed by atoms with Crippen molar-refractivity contribution in [3.63, 3.8) is 0 Å². The third-order valence-corrected chi connectivity index (χ3v) is 7.51. The second kappa shape index (κ2) is 10.4. The first-order valence-electron chi connectivity index (χ1n) is 12.7. The van der Waals surface area contributed by atoms with Crippen LogP contribution in [0.2, 0.25) is 0 Å². The molecule has 5 rings (SSSR count). The van der Waals surface area contributed by atoms with Crippen molar-refractivity contribution >= 4 is 22.6 Å². The van der Waals surface area contributed by atoms with Crippen LogP contribution in [0, 0.1) is 12.8 Å². The molecule has 0 aliphatic carbocycles. The summed E-state index contributed by atoms with van der Waals surface area (Å²) in [6, 6.07) is 5.86. The molecule has 0 unspecified atom stereocenters. The van der Waals surface area contributed by atoms with Crippen LogP contribution in [-0.2, 0) is 17.5 Å². The lowest BCUT2D eigenvalue weighted by Gasteiger charge is -2.29. The van der Waals surface area contributed by atoms with Gasteiger partial charge in [0.2, 0.25) is 5.43 Å². The number of hydrogen-bond acceptors (Lipinski definition) is 6. The summed E-state index contributed by atoms with van der Waals surface area (Å²) in [7, 11) is 0. The smallest absolute Gasteiger partial charge is 0.378 e. The van der Waals surface area contributed by atoms with Crippen molar-refractivity contribution in [2.24, 2.45) is 11.7 Å². The molecule has 1 amide bonds. The maximum Gasteiger partial charge on any atom is 0.416 e. The quantitative estimate of drug-likeness (QED) is 0.546. The Bertz CT molecular complexity index is 1420. The molecule has 4 heterocycles. The Morgan fingerprint density at radius 3 is 2.66 bits per heavy atom. The summed E-state index contributed by atoms with van der Waals surface area (Å²) in [5.41, 5.74) is 6.39. The van der Waals surface area contributed by atoms with Gasteiger partial charge in [-0.15, -0.1) is 0 Å². The molecule has 1 atom stereocenters. The molecular formula is C27H30F3N5O3. The summed E-state index contributed by atoms with van der Waals surface area (Å²) in [5.74, 6) is -0.245. The van der Waals surface area contributed by atoms with Crippen molar-refractivity contribution in [1.82, 2.24) is 14.5 Å². The first-order valence-corrected chi connectivity index (χ1v) is 12.7. The predicted octanol–water partition coefficient (Wildman–Crippen LogP) is 3.03. The van der Waals surface area contributed by atoms with E-state index in [0.29, 0.717) is 57.0 Å². The lowest BCUT2D eigenvalue weighted by molar-refractivity contribution is -0.138. The van der Waals surface area contributed by atoms with Gasteiger partial charge < -0.3 is 24.8 Å². The molecule has 0 bridgehead atoms. The molecule has 2 fully saturated rings. The number of benzene rings is 1. The first-order chi connectivity index (χ1) is 18.2. The molecule has 3 aromatic rings. The molecule has 0 spiro atoms. The zero-order chi connectivity index (χ0) is 27.0. The number of nitrogens with two attached hydrogens (primary N) is 1. The summed E-state index contributed by atoms with van der Waals surface area (Å²) in [4.78, 5) is 35.1. The van der Waals surface area contributed by atoms with E-state index in [1.165, 1.54) is 19.2 Å². The van der Waals surface area contributed by atoms with E-state index >= 15 is 0 Å². The van der Waals surface area contributed by atoms with Crippen LogP contribution in [-0.4, -0.2) is 66.3 Å². The van der Waals surface area contributed by atoms with Gasteiger partial charge in [0.15, 0.2) is 0 Å². The molecule has 2 saturated heterocycles. The van der Waals surface area contributed by atoms with Gasteiger partial charge in [-0.25, -0.2) is 4.98 Å². The third-order valence-electron chi connectivity index (χ3n) is 7.51. The van der Waals surface area contributed by atoms with Gasteiger partial charge in [-0.05, 0) is 49.1 Å². The highest BCUT2D eigenvalue weighted by atomic mass is 19.4. The van der Waals surface area contributed by atoms with Crippen LogP contribution in [0.25, 0.3) is 11.0 Å². The van der Waals surface area contributed by atoms with Crippen LogP contribution >= 0.6 is 0 Å². The highest BCUT2D eigenvalue weighted by Crippen LogP contribution is 2.33. The van der Waals surface area contributed by atoms with Gasteiger partial charge in [0.25, 0.3) is 5.91 Å².